The standard InChI is InChI=1S/C51H64N4OS/c1-9-52(10-2)44-30-22-40(23-31-44)50(41-24-32-45(33-25-41)53(11-3)12-4)38-49(57(56)48-20-18-17-19-21-48)39-51(42-26-34-46(35-27-42)54(13-5)14-6)43-28-36-47(37-29-43)55(15-7)16-8/h17-39,49H,9-16H2,1-8H3. The average molecular weight is 781 g/mol. The van der Waals surface area contributed by atoms with Gasteiger partial charge in [0.15, 0.2) is 0 Å². The van der Waals surface area contributed by atoms with Crippen molar-refractivity contribution >= 4 is 44.7 Å². The summed E-state index contributed by atoms with van der Waals surface area (Å²) < 4.78 is 15.0. The molecule has 0 saturated carbocycles. The molecule has 0 N–H and O–H groups in total. The number of hydrogen-bond acceptors (Lipinski definition) is 5. The Morgan fingerprint density at radius 2 is 0.649 bits per heavy atom. The van der Waals surface area contributed by atoms with Gasteiger partial charge in [-0.2, -0.15) is 0 Å². The Labute approximate surface area is 346 Å². The molecule has 0 spiro atoms. The van der Waals surface area contributed by atoms with Gasteiger partial charge in [0.05, 0.1) is 16.0 Å². The number of hydrogen-bond donors (Lipinski definition) is 0. The number of rotatable bonds is 20. The van der Waals surface area contributed by atoms with Gasteiger partial charge in [0.1, 0.15) is 0 Å². The molecule has 0 amide bonds. The van der Waals surface area contributed by atoms with Crippen LogP contribution in [0.2, 0.25) is 0 Å². The van der Waals surface area contributed by atoms with Crippen LogP contribution in [0.4, 0.5) is 22.7 Å². The zero-order valence-electron chi connectivity index (χ0n) is 35.6. The molecule has 300 valence electrons. The third-order valence-corrected chi connectivity index (χ3v) is 12.6. The molecule has 0 fully saturated rings. The SMILES string of the molecule is CCN(CC)c1ccc(C(=CC(C=C(c2ccc(N(CC)CC)cc2)c2ccc(N(CC)CC)cc2)S(=O)c2ccccc2)c2ccc(N(CC)CC)cc2)cc1. The van der Waals surface area contributed by atoms with Gasteiger partial charge in [0, 0.05) is 80.0 Å². The first-order valence-corrected chi connectivity index (χ1v) is 22.3. The number of nitrogens with zero attached hydrogens (tertiary/aromatic N) is 4. The van der Waals surface area contributed by atoms with Crippen LogP contribution in [-0.4, -0.2) is 61.8 Å². The molecular formula is C51H64N4OS. The largest absolute Gasteiger partial charge is 0.372 e. The molecule has 1 unspecified atom stereocenters. The quantitative estimate of drug-likeness (QED) is 0.0785. The van der Waals surface area contributed by atoms with Crippen molar-refractivity contribution < 1.29 is 4.21 Å². The van der Waals surface area contributed by atoms with Crippen LogP contribution in [0, 0.1) is 0 Å². The van der Waals surface area contributed by atoms with Crippen LogP contribution >= 0.6 is 0 Å². The van der Waals surface area contributed by atoms with Gasteiger partial charge in [-0.05, 0) is 149 Å². The summed E-state index contributed by atoms with van der Waals surface area (Å²) in [5.41, 5.74) is 11.3. The average Bonchev–Trinajstić information content (AvgIpc) is 3.27. The number of benzene rings is 5. The maximum atomic E-state index is 15.0. The second-order valence-electron chi connectivity index (χ2n) is 14.1. The Bertz CT molecular complexity index is 1780. The molecule has 5 rings (SSSR count). The monoisotopic (exact) mass is 780 g/mol. The maximum absolute atomic E-state index is 15.0. The highest BCUT2D eigenvalue weighted by Crippen LogP contribution is 2.33. The highest BCUT2D eigenvalue weighted by atomic mass is 32.2. The van der Waals surface area contributed by atoms with Crippen molar-refractivity contribution in [2.75, 3.05) is 72.0 Å². The Balaban J connectivity index is 1.76. The topological polar surface area (TPSA) is 30.0 Å². The van der Waals surface area contributed by atoms with Crippen molar-refractivity contribution in [3.63, 3.8) is 0 Å². The molecule has 0 bridgehead atoms. The van der Waals surface area contributed by atoms with Crippen LogP contribution in [0.1, 0.15) is 77.6 Å². The first-order valence-electron chi connectivity index (χ1n) is 21.1. The van der Waals surface area contributed by atoms with E-state index in [-0.39, 0.29) is 0 Å². The minimum atomic E-state index is -1.40. The molecule has 57 heavy (non-hydrogen) atoms. The summed E-state index contributed by atoms with van der Waals surface area (Å²) in [6.07, 6.45) is 4.49. The Morgan fingerprint density at radius 1 is 0.404 bits per heavy atom. The van der Waals surface area contributed by atoms with Gasteiger partial charge < -0.3 is 19.6 Å². The van der Waals surface area contributed by atoms with Gasteiger partial charge in [0.25, 0.3) is 0 Å². The minimum absolute atomic E-state index is 0.452. The summed E-state index contributed by atoms with van der Waals surface area (Å²) in [5.74, 6) is 0. The van der Waals surface area contributed by atoms with Crippen LogP contribution in [0.3, 0.4) is 0 Å². The number of anilines is 4. The second kappa shape index (κ2) is 21.5. The molecule has 1 atom stereocenters. The molecule has 0 aromatic heterocycles. The molecule has 6 heteroatoms. The minimum Gasteiger partial charge on any atom is -0.372 e. The van der Waals surface area contributed by atoms with Crippen molar-refractivity contribution in [3.05, 3.63) is 162 Å². The van der Waals surface area contributed by atoms with E-state index in [1.54, 1.807) is 0 Å². The lowest BCUT2D eigenvalue weighted by molar-refractivity contribution is 0.682. The molecule has 0 saturated heterocycles. The fraction of sp³-hybridized carbons (Fsp3) is 0.333. The van der Waals surface area contributed by atoms with Crippen molar-refractivity contribution in [1.82, 2.24) is 0 Å². The summed E-state index contributed by atoms with van der Waals surface area (Å²) in [6, 6.07) is 45.5. The highest BCUT2D eigenvalue weighted by molar-refractivity contribution is 7.86. The summed E-state index contributed by atoms with van der Waals surface area (Å²) in [5, 5.41) is -0.452. The van der Waals surface area contributed by atoms with Crippen molar-refractivity contribution in [1.29, 1.82) is 0 Å². The molecule has 0 heterocycles. The smallest absolute Gasteiger partial charge is 0.0773 e. The van der Waals surface area contributed by atoms with Gasteiger partial charge >= 0.3 is 0 Å². The lowest BCUT2D eigenvalue weighted by Crippen LogP contribution is -2.21. The van der Waals surface area contributed by atoms with Gasteiger partial charge in [0.2, 0.25) is 0 Å². The molecular weight excluding hydrogens is 717 g/mol. The van der Waals surface area contributed by atoms with E-state index in [4.69, 9.17) is 0 Å². The van der Waals surface area contributed by atoms with Crippen molar-refractivity contribution in [3.8, 4) is 0 Å². The zero-order valence-corrected chi connectivity index (χ0v) is 36.4. The molecule has 0 radical (unpaired) electrons. The summed E-state index contributed by atoms with van der Waals surface area (Å²) in [4.78, 5) is 10.3. The van der Waals surface area contributed by atoms with Gasteiger partial charge in [-0.15, -0.1) is 0 Å². The van der Waals surface area contributed by atoms with Gasteiger partial charge in [-0.1, -0.05) is 78.9 Å². The molecule has 5 nitrogen and oxygen atoms in total. The fourth-order valence-corrected chi connectivity index (χ4v) is 8.95. The molecule has 5 aromatic carbocycles. The van der Waals surface area contributed by atoms with E-state index in [2.05, 4.69) is 184 Å². The van der Waals surface area contributed by atoms with E-state index < -0.39 is 16.0 Å². The van der Waals surface area contributed by atoms with E-state index in [1.807, 2.05) is 30.3 Å². The summed E-state index contributed by atoms with van der Waals surface area (Å²) >= 11 is 0. The fourth-order valence-electron chi connectivity index (χ4n) is 7.69. The van der Waals surface area contributed by atoms with E-state index in [0.29, 0.717) is 0 Å². The summed E-state index contributed by atoms with van der Waals surface area (Å²) in [7, 11) is -1.40. The van der Waals surface area contributed by atoms with Crippen LogP contribution in [0.5, 0.6) is 0 Å². The van der Waals surface area contributed by atoms with Gasteiger partial charge in [-0.3, -0.25) is 4.21 Å². The lowest BCUT2D eigenvalue weighted by Gasteiger charge is -2.23. The van der Waals surface area contributed by atoms with E-state index >= 15 is 4.21 Å². The third kappa shape index (κ3) is 10.7. The molecule has 0 aliphatic carbocycles. The predicted molar refractivity (Wildman–Crippen MR) is 251 cm³/mol. The second-order valence-corrected chi connectivity index (χ2v) is 15.7. The van der Waals surface area contributed by atoms with Crippen LogP contribution in [0.15, 0.2) is 144 Å². The zero-order chi connectivity index (χ0) is 40.7. The normalized spacial score (nSPS) is 11.5. The Kier molecular flexibility index (Phi) is 16.2. The first kappa shape index (κ1) is 43.1. The maximum Gasteiger partial charge on any atom is 0.0773 e. The first-order chi connectivity index (χ1) is 27.8. The van der Waals surface area contributed by atoms with Crippen LogP contribution in [-0.2, 0) is 10.8 Å². The van der Waals surface area contributed by atoms with Gasteiger partial charge in [-0.25, -0.2) is 0 Å². The van der Waals surface area contributed by atoms with E-state index in [9.17, 15) is 0 Å². The van der Waals surface area contributed by atoms with Crippen LogP contribution < -0.4 is 19.6 Å². The molecule has 0 aliphatic heterocycles. The van der Waals surface area contributed by atoms with E-state index in [1.165, 1.54) is 22.7 Å². The highest BCUT2D eigenvalue weighted by Gasteiger charge is 2.20. The Morgan fingerprint density at radius 3 is 0.877 bits per heavy atom. The summed E-state index contributed by atoms with van der Waals surface area (Å²) in [6.45, 7) is 25.1. The predicted octanol–water partition coefficient (Wildman–Crippen LogP) is 11.8. The van der Waals surface area contributed by atoms with Crippen molar-refractivity contribution in [2.45, 2.75) is 65.5 Å². The van der Waals surface area contributed by atoms with Crippen LogP contribution in [0.25, 0.3) is 11.1 Å². The Hall–Kier alpha value is -5.07. The van der Waals surface area contributed by atoms with E-state index in [0.717, 1.165) is 90.7 Å². The molecule has 0 aliphatic rings. The van der Waals surface area contributed by atoms with Crippen molar-refractivity contribution in [2.24, 2.45) is 0 Å². The third-order valence-electron chi connectivity index (χ3n) is 11.1. The lowest BCUT2D eigenvalue weighted by atomic mass is 9.93. The molecule has 5 aromatic rings.